The lowest BCUT2D eigenvalue weighted by Crippen LogP contribution is -2.53. The minimum absolute atomic E-state index is 0.0192. The Balaban J connectivity index is 1.80. The van der Waals surface area contributed by atoms with Crippen molar-refractivity contribution in [2.75, 3.05) is 5.73 Å². The summed E-state index contributed by atoms with van der Waals surface area (Å²) in [6, 6.07) is 9.29. The number of thiazole rings is 1. The topological polar surface area (TPSA) is 94.0 Å². The second-order valence-electron chi connectivity index (χ2n) is 7.87. The summed E-state index contributed by atoms with van der Waals surface area (Å²) >= 11 is 5.87. The van der Waals surface area contributed by atoms with Crippen molar-refractivity contribution in [3.8, 4) is 10.6 Å². The Hall–Kier alpha value is -3.16. The average Bonchev–Trinajstić information content (AvgIpc) is 3.26. The molecule has 3 N–H and O–H groups in total. The number of halogens is 7. The average molecular weight is 549 g/mol. The maximum atomic E-state index is 13.2. The Morgan fingerprint density at radius 2 is 1.69 bits per heavy atom. The zero-order chi connectivity index (χ0) is 26.6. The van der Waals surface area contributed by atoms with Gasteiger partial charge in [-0.3, -0.25) is 9.36 Å². The number of nitrogens with zero attached hydrogens (tertiary/aromatic N) is 3. The Labute approximate surface area is 207 Å². The molecule has 0 saturated heterocycles. The van der Waals surface area contributed by atoms with Crippen LogP contribution in [-0.4, -0.2) is 32.0 Å². The molecule has 0 unspecified atom stereocenters. The molecule has 6 nitrogen and oxygen atoms in total. The number of nitrogens with two attached hydrogens (primary N) is 1. The first kappa shape index (κ1) is 25.9. The molecule has 190 valence electrons. The molecule has 0 amide bonds. The zero-order valence-electron chi connectivity index (χ0n) is 18.1. The van der Waals surface area contributed by atoms with Crippen LogP contribution in [0.2, 0.25) is 5.02 Å². The minimum atomic E-state index is -6.04. The van der Waals surface area contributed by atoms with Crippen LogP contribution in [0, 0.1) is 6.92 Å². The Kier molecular flexibility index (Phi) is 6.30. The summed E-state index contributed by atoms with van der Waals surface area (Å²) in [7, 11) is 0. The highest BCUT2D eigenvalue weighted by Gasteiger charge is 2.72. The lowest BCUT2D eigenvalue weighted by molar-refractivity contribution is -0.375. The van der Waals surface area contributed by atoms with Gasteiger partial charge in [-0.2, -0.15) is 26.3 Å². The van der Waals surface area contributed by atoms with Crippen LogP contribution in [0.4, 0.5) is 32.0 Å². The van der Waals surface area contributed by atoms with Gasteiger partial charge < -0.3 is 10.8 Å². The predicted molar refractivity (Wildman–Crippen MR) is 123 cm³/mol. The standard InChI is InChI=1S/C22H15ClF6N4O2S/c1-10-32-16-7-13(18-31-8-17(36-18)20(35,21(24,25)26)22(27,28)29)15(30)6-14(16)19(34)33(10)9-11-2-4-12(23)5-3-11/h2-8,35H,9,30H2,1H3. The van der Waals surface area contributed by atoms with Crippen LogP contribution in [0.15, 0.2) is 47.4 Å². The van der Waals surface area contributed by atoms with E-state index >= 15 is 0 Å². The Morgan fingerprint density at radius 1 is 1.08 bits per heavy atom. The summed E-state index contributed by atoms with van der Waals surface area (Å²) in [5, 5.41) is 9.92. The van der Waals surface area contributed by atoms with Crippen LogP contribution >= 0.6 is 22.9 Å². The maximum Gasteiger partial charge on any atom is 0.431 e. The molecule has 0 spiro atoms. The summed E-state index contributed by atoms with van der Waals surface area (Å²) in [5.41, 5.74) is 1.18. The molecular weight excluding hydrogens is 534 g/mol. The Bertz CT molecular complexity index is 1500. The molecular formula is C22H15ClF6N4O2S. The fourth-order valence-electron chi connectivity index (χ4n) is 3.55. The van der Waals surface area contributed by atoms with E-state index in [-0.39, 0.29) is 45.0 Å². The van der Waals surface area contributed by atoms with Gasteiger partial charge in [-0.15, -0.1) is 11.3 Å². The lowest BCUT2D eigenvalue weighted by Gasteiger charge is -2.30. The summed E-state index contributed by atoms with van der Waals surface area (Å²) in [5.74, 6) is 0.307. The molecule has 0 aliphatic carbocycles. The first-order chi connectivity index (χ1) is 16.6. The fraction of sp³-hybridized carbons (Fsp3) is 0.227. The number of aromatic nitrogens is 3. The van der Waals surface area contributed by atoms with Crippen molar-refractivity contribution < 1.29 is 31.4 Å². The number of aliphatic hydroxyl groups is 1. The third-order valence-electron chi connectivity index (χ3n) is 5.48. The molecule has 0 fully saturated rings. The van der Waals surface area contributed by atoms with Crippen LogP contribution in [0.5, 0.6) is 0 Å². The van der Waals surface area contributed by atoms with Crippen LogP contribution in [0.1, 0.15) is 16.3 Å². The van der Waals surface area contributed by atoms with Crippen LogP contribution in [-0.2, 0) is 12.1 Å². The van der Waals surface area contributed by atoms with Gasteiger partial charge in [0.15, 0.2) is 0 Å². The van der Waals surface area contributed by atoms with Crippen LogP contribution in [0.3, 0.4) is 0 Å². The second kappa shape index (κ2) is 8.75. The van der Waals surface area contributed by atoms with Gasteiger partial charge >= 0.3 is 12.4 Å². The molecule has 0 bridgehead atoms. The molecule has 14 heteroatoms. The number of anilines is 1. The van der Waals surface area contributed by atoms with E-state index in [9.17, 15) is 36.2 Å². The second-order valence-corrected chi connectivity index (χ2v) is 9.34. The SMILES string of the molecule is Cc1nc2cc(-c3ncc(C(O)(C(F)(F)F)C(F)(F)F)s3)c(N)cc2c(=O)n1Cc1ccc(Cl)cc1. The number of benzene rings is 2. The van der Waals surface area contributed by atoms with E-state index in [4.69, 9.17) is 17.3 Å². The molecule has 0 aliphatic heterocycles. The van der Waals surface area contributed by atoms with E-state index < -0.39 is 28.4 Å². The van der Waals surface area contributed by atoms with E-state index in [1.807, 2.05) is 0 Å². The molecule has 4 aromatic rings. The first-order valence-electron chi connectivity index (χ1n) is 10.0. The number of rotatable bonds is 4. The first-order valence-corrected chi connectivity index (χ1v) is 11.2. The molecule has 2 aromatic heterocycles. The molecule has 4 rings (SSSR count). The van der Waals surface area contributed by atoms with Gasteiger partial charge in [-0.1, -0.05) is 23.7 Å². The van der Waals surface area contributed by atoms with Crippen molar-refractivity contribution in [3.63, 3.8) is 0 Å². The van der Waals surface area contributed by atoms with Gasteiger partial charge in [0.2, 0.25) is 0 Å². The summed E-state index contributed by atoms with van der Waals surface area (Å²) in [4.78, 5) is 19.6. The number of alkyl halides is 6. The fourth-order valence-corrected chi connectivity index (χ4v) is 4.76. The third-order valence-corrected chi connectivity index (χ3v) is 6.87. The van der Waals surface area contributed by atoms with Gasteiger partial charge in [-0.25, -0.2) is 9.97 Å². The van der Waals surface area contributed by atoms with Crippen molar-refractivity contribution in [1.82, 2.24) is 14.5 Å². The van der Waals surface area contributed by atoms with Gasteiger partial charge in [0.25, 0.3) is 11.2 Å². The zero-order valence-corrected chi connectivity index (χ0v) is 19.6. The van der Waals surface area contributed by atoms with E-state index in [1.165, 1.54) is 16.7 Å². The monoisotopic (exact) mass is 548 g/mol. The van der Waals surface area contributed by atoms with Gasteiger partial charge in [-0.05, 0) is 36.8 Å². The molecule has 2 aromatic carbocycles. The third kappa shape index (κ3) is 4.31. The smallest absolute Gasteiger partial charge is 0.398 e. The van der Waals surface area contributed by atoms with E-state index in [0.717, 1.165) is 5.56 Å². The van der Waals surface area contributed by atoms with E-state index in [0.29, 0.717) is 17.0 Å². The number of hydrogen-bond donors (Lipinski definition) is 2. The number of nitrogen functional groups attached to an aromatic ring is 1. The highest BCUT2D eigenvalue weighted by Crippen LogP contribution is 2.52. The number of hydrogen-bond acceptors (Lipinski definition) is 6. The molecule has 0 radical (unpaired) electrons. The lowest BCUT2D eigenvalue weighted by atomic mass is 10.0. The summed E-state index contributed by atoms with van der Waals surface area (Å²) < 4.78 is 80.7. The molecule has 0 atom stereocenters. The van der Waals surface area contributed by atoms with Crippen molar-refractivity contribution in [2.45, 2.75) is 31.4 Å². The summed E-state index contributed by atoms with van der Waals surface area (Å²) in [6.07, 6.45) is -11.8. The highest BCUT2D eigenvalue weighted by molar-refractivity contribution is 7.15. The maximum absolute atomic E-state index is 13.2. The highest BCUT2D eigenvalue weighted by atomic mass is 35.5. The van der Waals surface area contributed by atoms with Crippen molar-refractivity contribution in [3.05, 3.63) is 74.2 Å². The van der Waals surface area contributed by atoms with E-state index in [1.54, 1.807) is 31.2 Å². The molecule has 0 aliphatic rings. The quantitative estimate of drug-likeness (QED) is 0.262. The van der Waals surface area contributed by atoms with Gasteiger partial charge in [0, 0.05) is 22.5 Å². The molecule has 2 heterocycles. The predicted octanol–water partition coefficient (Wildman–Crippen LogP) is 5.42. The number of fused-ring (bicyclic) bond motifs is 1. The van der Waals surface area contributed by atoms with Gasteiger partial charge in [0.05, 0.1) is 22.3 Å². The Morgan fingerprint density at radius 3 is 2.28 bits per heavy atom. The van der Waals surface area contributed by atoms with Crippen LogP contribution < -0.4 is 11.3 Å². The summed E-state index contributed by atoms with van der Waals surface area (Å²) in [6.45, 7) is 1.75. The molecule has 0 saturated carbocycles. The van der Waals surface area contributed by atoms with Crippen molar-refractivity contribution in [1.29, 1.82) is 0 Å². The largest absolute Gasteiger partial charge is 0.431 e. The van der Waals surface area contributed by atoms with E-state index in [2.05, 4.69) is 9.97 Å². The van der Waals surface area contributed by atoms with Crippen LogP contribution in [0.25, 0.3) is 21.5 Å². The molecule has 36 heavy (non-hydrogen) atoms. The minimum Gasteiger partial charge on any atom is -0.398 e. The van der Waals surface area contributed by atoms with Crippen molar-refractivity contribution >= 4 is 39.5 Å². The van der Waals surface area contributed by atoms with Gasteiger partial charge in [0.1, 0.15) is 10.8 Å². The van der Waals surface area contributed by atoms with Crippen molar-refractivity contribution in [2.24, 2.45) is 0 Å². The number of aryl methyl sites for hydroxylation is 1. The normalized spacial score (nSPS) is 12.9.